The van der Waals surface area contributed by atoms with Gasteiger partial charge in [0.1, 0.15) is 48.8 Å². The molecule has 2 saturated heterocycles. The fourth-order valence-corrected chi connectivity index (χ4v) is 9.30. The lowest BCUT2D eigenvalue weighted by Crippen LogP contribution is -2.65. The normalized spacial score (nSPS) is 25.9. The van der Waals surface area contributed by atoms with Crippen LogP contribution in [-0.4, -0.2) is 140 Å². The van der Waals surface area contributed by atoms with Gasteiger partial charge < -0.3 is 65.1 Å². The highest BCUT2D eigenvalue weighted by molar-refractivity contribution is 5.76. The molecule has 72 heavy (non-hydrogen) atoms. The van der Waals surface area contributed by atoms with Crippen LogP contribution in [0.2, 0.25) is 0 Å². The summed E-state index contributed by atoms with van der Waals surface area (Å²) >= 11 is 0. The van der Waals surface area contributed by atoms with Crippen molar-refractivity contribution in [1.82, 2.24) is 5.32 Å². The third-order valence-corrected chi connectivity index (χ3v) is 14.0. The van der Waals surface area contributed by atoms with Crippen molar-refractivity contribution in [2.45, 2.75) is 293 Å². The molecule has 9 N–H and O–H groups in total. The van der Waals surface area contributed by atoms with Gasteiger partial charge in [-0.05, 0) is 57.8 Å². The van der Waals surface area contributed by atoms with Crippen LogP contribution < -0.4 is 5.32 Å². The minimum absolute atomic E-state index is 0.243. The fourth-order valence-electron chi connectivity index (χ4n) is 9.30. The summed E-state index contributed by atoms with van der Waals surface area (Å²) in [5.74, 6) is -0.243. The number of carbonyl (C=O) groups excluding carboxylic acids is 1. The lowest BCUT2D eigenvalue weighted by Gasteiger charge is -2.46. The third-order valence-electron chi connectivity index (χ3n) is 14.0. The van der Waals surface area contributed by atoms with Gasteiger partial charge in [-0.2, -0.15) is 0 Å². The minimum Gasteiger partial charge on any atom is -0.394 e. The highest BCUT2D eigenvalue weighted by Gasteiger charge is 2.51. The van der Waals surface area contributed by atoms with Gasteiger partial charge in [-0.3, -0.25) is 4.79 Å². The number of allylic oxidation sites excluding steroid dienone is 7. The van der Waals surface area contributed by atoms with Gasteiger partial charge in [0.05, 0.1) is 32.0 Å². The molecule has 1 amide bonds. The second-order valence-electron chi connectivity index (χ2n) is 20.4. The molecular weight excluding hydrogens is 919 g/mol. The van der Waals surface area contributed by atoms with E-state index >= 15 is 0 Å². The lowest BCUT2D eigenvalue weighted by atomic mass is 9.97. The zero-order valence-electron chi connectivity index (χ0n) is 44.9. The SMILES string of the molecule is CCCCCCC/C=C\C/C=C\C/C=C\CCCCCCCCCCCCCCCCC(=O)NC(COC1OC(CO)C(OC2OC(CO)C(O)C(O)C2O)C(O)C1O)C(O)/C=C/CCCCCCCCC. The van der Waals surface area contributed by atoms with Crippen molar-refractivity contribution in [3.8, 4) is 0 Å². The summed E-state index contributed by atoms with van der Waals surface area (Å²) in [5.41, 5.74) is 0. The molecule has 2 aliphatic heterocycles. The van der Waals surface area contributed by atoms with Crippen LogP contribution in [0.1, 0.15) is 219 Å². The molecular formula is C58H105NO13. The second-order valence-corrected chi connectivity index (χ2v) is 20.4. The Hall–Kier alpha value is -2.05. The summed E-state index contributed by atoms with van der Waals surface area (Å²) in [4.78, 5) is 13.2. The lowest BCUT2D eigenvalue weighted by molar-refractivity contribution is -0.359. The second kappa shape index (κ2) is 44.1. The van der Waals surface area contributed by atoms with E-state index in [1.54, 1.807) is 6.08 Å². The van der Waals surface area contributed by atoms with E-state index in [9.17, 15) is 45.6 Å². The first kappa shape index (κ1) is 66.1. The van der Waals surface area contributed by atoms with Crippen LogP contribution in [0.15, 0.2) is 48.6 Å². The zero-order valence-corrected chi connectivity index (χ0v) is 44.9. The van der Waals surface area contributed by atoms with Crippen LogP contribution in [0.5, 0.6) is 0 Å². The Morgan fingerprint density at radius 1 is 0.500 bits per heavy atom. The van der Waals surface area contributed by atoms with Crippen LogP contribution in [0.25, 0.3) is 0 Å². The first-order chi connectivity index (χ1) is 35.1. The quantitative estimate of drug-likeness (QED) is 0.0205. The Bertz CT molecular complexity index is 1390. The molecule has 0 aromatic rings. The summed E-state index contributed by atoms with van der Waals surface area (Å²) in [5, 5.41) is 86.7. The molecule has 0 bridgehead atoms. The molecule has 0 aliphatic carbocycles. The number of aliphatic hydroxyl groups is 8. The van der Waals surface area contributed by atoms with Crippen LogP contribution in [0.3, 0.4) is 0 Å². The van der Waals surface area contributed by atoms with Crippen molar-refractivity contribution in [1.29, 1.82) is 0 Å². The van der Waals surface area contributed by atoms with Crippen LogP contribution in [0, 0.1) is 0 Å². The Kier molecular flexibility index (Phi) is 40.5. The summed E-state index contributed by atoms with van der Waals surface area (Å²) < 4.78 is 22.7. The monoisotopic (exact) mass is 1020 g/mol. The summed E-state index contributed by atoms with van der Waals surface area (Å²) in [6.45, 7) is 2.74. The van der Waals surface area contributed by atoms with Gasteiger partial charge in [0.25, 0.3) is 0 Å². The molecule has 2 heterocycles. The first-order valence-electron chi connectivity index (χ1n) is 28.9. The standard InChI is InChI=1S/C58H105NO13/c1-3-5-7-9-11-13-14-15-16-17-18-19-20-21-22-23-24-25-26-27-28-29-30-31-32-34-36-38-40-42-50(63)59-46(47(62)41-39-37-35-33-12-10-8-6-4-2)45-69-57-55(68)53(66)56(49(44-61)71-57)72-58-54(67)52(65)51(64)48(43-60)70-58/h14-15,17-18,20-21,39,41,46-49,51-58,60-62,64-68H,3-13,16,19,22-38,40,42-45H2,1-2H3,(H,59,63)/b15-14-,18-17-,21-20-,41-39+. The molecule has 0 aromatic heterocycles. The molecule has 0 spiro atoms. The summed E-state index contributed by atoms with van der Waals surface area (Å²) in [6.07, 6.45) is 37.5. The van der Waals surface area contributed by atoms with Gasteiger partial charge in [-0.1, -0.05) is 204 Å². The topological polar surface area (TPSA) is 228 Å². The van der Waals surface area contributed by atoms with Crippen LogP contribution in [0.4, 0.5) is 0 Å². The van der Waals surface area contributed by atoms with E-state index in [-0.39, 0.29) is 18.9 Å². The zero-order chi connectivity index (χ0) is 52.4. The number of aliphatic hydroxyl groups excluding tert-OH is 8. The van der Waals surface area contributed by atoms with E-state index in [0.29, 0.717) is 6.42 Å². The van der Waals surface area contributed by atoms with E-state index in [1.807, 2.05) is 6.08 Å². The molecule has 2 fully saturated rings. The Morgan fingerprint density at radius 3 is 1.40 bits per heavy atom. The highest BCUT2D eigenvalue weighted by atomic mass is 16.7. The molecule has 12 unspecified atom stereocenters. The van der Waals surface area contributed by atoms with Gasteiger partial charge in [-0.25, -0.2) is 0 Å². The Labute approximate surface area is 435 Å². The van der Waals surface area contributed by atoms with Crippen molar-refractivity contribution in [2.24, 2.45) is 0 Å². The minimum atomic E-state index is -1.79. The number of carbonyl (C=O) groups is 1. The van der Waals surface area contributed by atoms with Crippen molar-refractivity contribution >= 4 is 5.91 Å². The molecule has 12 atom stereocenters. The predicted octanol–water partition coefficient (Wildman–Crippen LogP) is 9.22. The van der Waals surface area contributed by atoms with Gasteiger partial charge in [0.2, 0.25) is 5.91 Å². The molecule has 0 saturated carbocycles. The molecule has 14 heteroatoms. The highest BCUT2D eigenvalue weighted by Crippen LogP contribution is 2.30. The van der Waals surface area contributed by atoms with E-state index in [0.717, 1.165) is 57.8 Å². The molecule has 2 rings (SSSR count). The number of amides is 1. The Balaban J connectivity index is 1.66. The van der Waals surface area contributed by atoms with Crippen molar-refractivity contribution in [3.63, 3.8) is 0 Å². The number of unbranched alkanes of at least 4 members (excludes halogenated alkanes) is 26. The van der Waals surface area contributed by atoms with Crippen molar-refractivity contribution in [3.05, 3.63) is 48.6 Å². The van der Waals surface area contributed by atoms with Crippen LogP contribution >= 0.6 is 0 Å². The fraction of sp³-hybridized carbons (Fsp3) is 0.845. The van der Waals surface area contributed by atoms with Crippen LogP contribution in [-0.2, 0) is 23.7 Å². The number of rotatable bonds is 45. The first-order valence-corrected chi connectivity index (χ1v) is 28.9. The van der Waals surface area contributed by atoms with Crippen molar-refractivity contribution in [2.75, 3.05) is 19.8 Å². The largest absolute Gasteiger partial charge is 0.394 e. The molecule has 0 radical (unpaired) electrons. The average Bonchev–Trinajstić information content (AvgIpc) is 3.38. The van der Waals surface area contributed by atoms with Gasteiger partial charge in [0, 0.05) is 6.42 Å². The van der Waals surface area contributed by atoms with Gasteiger partial charge in [0.15, 0.2) is 12.6 Å². The third kappa shape index (κ3) is 29.9. The van der Waals surface area contributed by atoms with Crippen molar-refractivity contribution < 1.29 is 64.6 Å². The number of ether oxygens (including phenoxy) is 4. The van der Waals surface area contributed by atoms with Gasteiger partial charge in [-0.15, -0.1) is 0 Å². The van der Waals surface area contributed by atoms with E-state index in [1.165, 1.54) is 135 Å². The van der Waals surface area contributed by atoms with E-state index in [2.05, 4.69) is 55.6 Å². The predicted molar refractivity (Wildman–Crippen MR) is 286 cm³/mol. The number of hydrogen-bond donors (Lipinski definition) is 9. The average molecular weight is 1020 g/mol. The maximum Gasteiger partial charge on any atom is 0.220 e. The van der Waals surface area contributed by atoms with E-state index < -0.39 is 86.8 Å². The number of nitrogens with one attached hydrogen (secondary N) is 1. The molecule has 0 aromatic carbocycles. The maximum atomic E-state index is 13.2. The molecule has 420 valence electrons. The smallest absolute Gasteiger partial charge is 0.220 e. The number of hydrogen-bond acceptors (Lipinski definition) is 13. The van der Waals surface area contributed by atoms with Gasteiger partial charge >= 0.3 is 0 Å². The molecule has 14 nitrogen and oxygen atoms in total. The van der Waals surface area contributed by atoms with E-state index in [4.69, 9.17) is 18.9 Å². The Morgan fingerprint density at radius 2 is 0.917 bits per heavy atom. The molecule has 2 aliphatic rings. The maximum absolute atomic E-state index is 13.2. The summed E-state index contributed by atoms with van der Waals surface area (Å²) in [6, 6.07) is -0.913. The summed E-state index contributed by atoms with van der Waals surface area (Å²) in [7, 11) is 0.